The molecule has 29 heavy (non-hydrogen) atoms. The summed E-state index contributed by atoms with van der Waals surface area (Å²) in [5.41, 5.74) is 0.812. The van der Waals surface area contributed by atoms with E-state index in [-0.39, 0.29) is 24.1 Å². The smallest absolute Gasteiger partial charge is 0.311 e. The van der Waals surface area contributed by atoms with Gasteiger partial charge in [0, 0.05) is 29.9 Å². The molecule has 0 radical (unpaired) electrons. The molecule has 0 aliphatic heterocycles. The van der Waals surface area contributed by atoms with Gasteiger partial charge >= 0.3 is 5.97 Å². The number of aromatic nitrogens is 2. The normalized spacial score (nSPS) is 10.9. The van der Waals surface area contributed by atoms with Crippen molar-refractivity contribution in [1.82, 2.24) is 10.1 Å². The number of hydrogen-bond acceptors (Lipinski definition) is 6. The number of carbonyl (C=O) groups excluding carboxylic acids is 2. The van der Waals surface area contributed by atoms with Crippen molar-refractivity contribution in [3.8, 4) is 5.75 Å². The van der Waals surface area contributed by atoms with Crippen molar-refractivity contribution in [2.24, 2.45) is 0 Å². The lowest BCUT2D eigenvalue weighted by Gasteiger charge is -2.05. The molecule has 1 heterocycles. The second-order valence-corrected chi connectivity index (χ2v) is 6.89. The van der Waals surface area contributed by atoms with Gasteiger partial charge < -0.3 is 9.26 Å². The molecule has 7 heteroatoms. The molecular weight excluding hydrogens is 375 g/mol. The van der Waals surface area contributed by atoms with E-state index in [4.69, 9.17) is 9.26 Å². The van der Waals surface area contributed by atoms with Crippen LogP contribution in [0.15, 0.2) is 53.1 Å². The molecule has 0 N–H and O–H groups in total. The molecule has 3 rings (SSSR count). The molecular formula is C22H21FN2O4. The van der Waals surface area contributed by atoms with E-state index < -0.39 is 5.82 Å². The largest absolute Gasteiger partial charge is 0.427 e. The Morgan fingerprint density at radius 2 is 1.66 bits per heavy atom. The zero-order chi connectivity index (χ0) is 20.8. The molecule has 0 atom stereocenters. The highest BCUT2D eigenvalue weighted by Gasteiger charge is 2.12. The summed E-state index contributed by atoms with van der Waals surface area (Å²) in [4.78, 5) is 28.6. The van der Waals surface area contributed by atoms with E-state index in [1.54, 1.807) is 24.3 Å². The summed E-state index contributed by atoms with van der Waals surface area (Å²) in [6.45, 7) is 3.95. The average molecular weight is 396 g/mol. The minimum absolute atomic E-state index is 0.190. The number of aryl methyl sites for hydroxylation is 1. The van der Waals surface area contributed by atoms with Crippen molar-refractivity contribution in [1.29, 1.82) is 0 Å². The third-order valence-electron chi connectivity index (χ3n) is 4.23. The molecule has 0 bridgehead atoms. The van der Waals surface area contributed by atoms with Crippen LogP contribution < -0.4 is 4.74 Å². The highest BCUT2D eigenvalue weighted by molar-refractivity contribution is 6.09. The van der Waals surface area contributed by atoms with Gasteiger partial charge in [-0.25, -0.2) is 4.39 Å². The molecule has 0 saturated carbocycles. The monoisotopic (exact) mass is 396 g/mol. The highest BCUT2D eigenvalue weighted by Crippen LogP contribution is 2.17. The van der Waals surface area contributed by atoms with Crippen LogP contribution in [-0.4, -0.2) is 21.9 Å². The predicted molar refractivity (Wildman–Crippen MR) is 103 cm³/mol. The molecule has 0 spiro atoms. The Labute approximate surface area is 167 Å². The van der Waals surface area contributed by atoms with Crippen LogP contribution >= 0.6 is 0 Å². The molecule has 0 unspecified atom stereocenters. The van der Waals surface area contributed by atoms with Gasteiger partial charge in [-0.2, -0.15) is 4.98 Å². The number of benzene rings is 2. The second kappa shape index (κ2) is 9.23. The molecule has 6 nitrogen and oxygen atoms in total. The number of nitrogens with zero attached hydrogens (tertiary/aromatic N) is 2. The van der Waals surface area contributed by atoms with Crippen LogP contribution in [0.5, 0.6) is 5.75 Å². The Morgan fingerprint density at radius 3 is 2.24 bits per heavy atom. The standard InChI is InChI=1S/C22H21FN2O4/c1-14(2)22-24-19(29-25-22)4-3-5-20(26)28-18-12-8-16(9-13-18)21(27)15-6-10-17(23)11-7-15/h6-14H,3-5H2,1-2H3. The first kappa shape index (κ1) is 20.4. The molecule has 0 fully saturated rings. The van der Waals surface area contributed by atoms with Gasteiger partial charge in [-0.15, -0.1) is 0 Å². The Hall–Kier alpha value is -3.35. The lowest BCUT2D eigenvalue weighted by molar-refractivity contribution is -0.134. The maximum absolute atomic E-state index is 13.0. The van der Waals surface area contributed by atoms with Gasteiger partial charge in [-0.3, -0.25) is 9.59 Å². The van der Waals surface area contributed by atoms with E-state index in [0.29, 0.717) is 41.4 Å². The van der Waals surface area contributed by atoms with Crippen LogP contribution in [0.2, 0.25) is 0 Å². The van der Waals surface area contributed by atoms with Gasteiger partial charge in [0.25, 0.3) is 0 Å². The lowest BCUT2D eigenvalue weighted by atomic mass is 10.0. The fraction of sp³-hybridized carbons (Fsp3) is 0.273. The molecule has 0 aliphatic carbocycles. The molecule has 0 aliphatic rings. The van der Waals surface area contributed by atoms with Gasteiger partial charge in [0.1, 0.15) is 11.6 Å². The summed E-state index contributed by atoms with van der Waals surface area (Å²) >= 11 is 0. The number of rotatable bonds is 8. The highest BCUT2D eigenvalue weighted by atomic mass is 19.1. The zero-order valence-corrected chi connectivity index (χ0v) is 16.2. The third-order valence-corrected chi connectivity index (χ3v) is 4.23. The van der Waals surface area contributed by atoms with Crippen molar-refractivity contribution in [2.75, 3.05) is 0 Å². The predicted octanol–water partition coefficient (Wildman–Crippen LogP) is 4.49. The van der Waals surface area contributed by atoms with Crippen LogP contribution in [0.25, 0.3) is 0 Å². The number of carbonyl (C=O) groups is 2. The Balaban J connectivity index is 1.49. The molecule has 0 saturated heterocycles. The maximum atomic E-state index is 13.0. The van der Waals surface area contributed by atoms with Crippen LogP contribution in [0.1, 0.15) is 60.2 Å². The van der Waals surface area contributed by atoms with Crippen LogP contribution in [0, 0.1) is 5.82 Å². The lowest BCUT2D eigenvalue weighted by Crippen LogP contribution is -2.08. The Morgan fingerprint density at radius 1 is 1.03 bits per heavy atom. The SMILES string of the molecule is CC(C)c1noc(CCCC(=O)Oc2ccc(C(=O)c3ccc(F)cc3)cc2)n1. The average Bonchev–Trinajstić information content (AvgIpc) is 3.18. The maximum Gasteiger partial charge on any atom is 0.311 e. The van der Waals surface area contributed by atoms with Gasteiger partial charge in [-0.1, -0.05) is 19.0 Å². The van der Waals surface area contributed by atoms with Crippen molar-refractivity contribution in [3.05, 3.63) is 77.2 Å². The molecule has 1 aromatic heterocycles. The van der Waals surface area contributed by atoms with Crippen LogP contribution in [-0.2, 0) is 11.2 Å². The zero-order valence-electron chi connectivity index (χ0n) is 16.2. The third kappa shape index (κ3) is 5.57. The first-order valence-corrected chi connectivity index (χ1v) is 9.36. The molecule has 2 aromatic carbocycles. The summed E-state index contributed by atoms with van der Waals surface area (Å²) in [5.74, 6) is 0.682. The van der Waals surface area contributed by atoms with Crippen molar-refractivity contribution >= 4 is 11.8 Å². The minimum atomic E-state index is -0.400. The first-order chi connectivity index (χ1) is 13.9. The Kier molecular flexibility index (Phi) is 6.49. The summed E-state index contributed by atoms with van der Waals surface area (Å²) in [6.07, 6.45) is 1.23. The van der Waals surface area contributed by atoms with Crippen LogP contribution in [0.4, 0.5) is 4.39 Å². The molecule has 3 aromatic rings. The van der Waals surface area contributed by atoms with Gasteiger partial charge in [0.15, 0.2) is 11.6 Å². The Bertz CT molecular complexity index is 979. The molecule has 150 valence electrons. The summed E-state index contributed by atoms with van der Waals surface area (Å²) in [6, 6.07) is 11.6. The number of esters is 1. The quantitative estimate of drug-likeness (QED) is 0.317. The van der Waals surface area contributed by atoms with E-state index in [2.05, 4.69) is 10.1 Å². The van der Waals surface area contributed by atoms with E-state index in [1.165, 1.54) is 24.3 Å². The van der Waals surface area contributed by atoms with E-state index in [1.807, 2.05) is 13.8 Å². The van der Waals surface area contributed by atoms with Crippen LogP contribution in [0.3, 0.4) is 0 Å². The summed E-state index contributed by atoms with van der Waals surface area (Å²) < 4.78 is 23.4. The van der Waals surface area contributed by atoms with Crippen molar-refractivity contribution in [3.63, 3.8) is 0 Å². The first-order valence-electron chi connectivity index (χ1n) is 9.36. The number of hydrogen-bond donors (Lipinski definition) is 0. The van der Waals surface area contributed by atoms with Gasteiger partial charge in [0.2, 0.25) is 5.89 Å². The fourth-order valence-electron chi connectivity index (χ4n) is 2.61. The topological polar surface area (TPSA) is 82.3 Å². The number of halogens is 1. The van der Waals surface area contributed by atoms with E-state index in [0.717, 1.165) is 0 Å². The van der Waals surface area contributed by atoms with Gasteiger partial charge in [0.05, 0.1) is 0 Å². The van der Waals surface area contributed by atoms with Gasteiger partial charge in [-0.05, 0) is 55.0 Å². The minimum Gasteiger partial charge on any atom is -0.427 e. The summed E-state index contributed by atoms with van der Waals surface area (Å²) in [5, 5.41) is 3.88. The van der Waals surface area contributed by atoms with Crippen molar-refractivity contribution < 1.29 is 23.2 Å². The van der Waals surface area contributed by atoms with E-state index in [9.17, 15) is 14.0 Å². The summed E-state index contributed by atoms with van der Waals surface area (Å²) in [7, 11) is 0. The van der Waals surface area contributed by atoms with E-state index >= 15 is 0 Å². The number of ketones is 1. The second-order valence-electron chi connectivity index (χ2n) is 6.89. The number of ether oxygens (including phenoxy) is 1. The fourth-order valence-corrected chi connectivity index (χ4v) is 2.61. The van der Waals surface area contributed by atoms with Crippen molar-refractivity contribution in [2.45, 2.75) is 39.0 Å². The molecule has 0 amide bonds.